The van der Waals surface area contributed by atoms with Crippen LogP contribution in [0.5, 0.6) is 0 Å². The zero-order valence-electron chi connectivity index (χ0n) is 10.3. The molecule has 1 aromatic heterocycles. The standard InChI is InChI=1S/C13H16BrN3O/c1-2-4-11(15)13-16-12(18-17-13)8-9-5-3-6-10(14)7-9/h3,5-7,11H,2,4,8,15H2,1H3. The number of hydrogen-bond donors (Lipinski definition) is 1. The highest BCUT2D eigenvalue weighted by atomic mass is 79.9. The Bertz CT molecular complexity index is 512. The van der Waals surface area contributed by atoms with Gasteiger partial charge >= 0.3 is 0 Å². The maximum absolute atomic E-state index is 5.94. The number of nitrogens with zero attached hydrogens (tertiary/aromatic N) is 2. The van der Waals surface area contributed by atoms with Gasteiger partial charge in [0.05, 0.1) is 12.5 Å². The Morgan fingerprint density at radius 2 is 2.28 bits per heavy atom. The number of benzene rings is 1. The molecule has 2 N–H and O–H groups in total. The predicted octanol–water partition coefficient (Wildman–Crippen LogP) is 3.22. The van der Waals surface area contributed by atoms with E-state index >= 15 is 0 Å². The van der Waals surface area contributed by atoms with Gasteiger partial charge < -0.3 is 10.3 Å². The Morgan fingerprint density at radius 1 is 1.44 bits per heavy atom. The summed E-state index contributed by atoms with van der Waals surface area (Å²) in [4.78, 5) is 4.34. The lowest BCUT2D eigenvalue weighted by atomic mass is 10.1. The minimum atomic E-state index is -0.130. The Kier molecular flexibility index (Phi) is 4.49. The van der Waals surface area contributed by atoms with Gasteiger partial charge in [0.1, 0.15) is 0 Å². The highest BCUT2D eigenvalue weighted by molar-refractivity contribution is 9.10. The molecule has 4 nitrogen and oxygen atoms in total. The van der Waals surface area contributed by atoms with Crippen LogP contribution in [0.25, 0.3) is 0 Å². The van der Waals surface area contributed by atoms with Crippen molar-refractivity contribution in [1.29, 1.82) is 0 Å². The van der Waals surface area contributed by atoms with Gasteiger partial charge in [-0.2, -0.15) is 4.98 Å². The molecule has 0 fully saturated rings. The molecule has 0 amide bonds. The van der Waals surface area contributed by atoms with E-state index in [-0.39, 0.29) is 6.04 Å². The summed E-state index contributed by atoms with van der Waals surface area (Å²) in [6.07, 6.45) is 2.51. The molecule has 0 aliphatic heterocycles. The normalized spacial score (nSPS) is 12.6. The molecule has 0 saturated carbocycles. The quantitative estimate of drug-likeness (QED) is 0.921. The minimum absolute atomic E-state index is 0.130. The molecule has 0 bridgehead atoms. The van der Waals surface area contributed by atoms with Crippen molar-refractivity contribution < 1.29 is 4.52 Å². The first-order chi connectivity index (χ1) is 8.69. The zero-order chi connectivity index (χ0) is 13.0. The van der Waals surface area contributed by atoms with E-state index < -0.39 is 0 Å². The lowest BCUT2D eigenvalue weighted by Crippen LogP contribution is -2.11. The first-order valence-electron chi connectivity index (χ1n) is 6.01. The molecule has 2 aromatic rings. The molecule has 1 aromatic carbocycles. The first-order valence-corrected chi connectivity index (χ1v) is 6.81. The Labute approximate surface area is 115 Å². The van der Waals surface area contributed by atoms with E-state index in [1.165, 1.54) is 0 Å². The predicted molar refractivity (Wildman–Crippen MR) is 73.1 cm³/mol. The molecule has 0 aliphatic rings. The molecule has 0 aliphatic carbocycles. The molecule has 2 rings (SSSR count). The summed E-state index contributed by atoms with van der Waals surface area (Å²) < 4.78 is 6.26. The largest absolute Gasteiger partial charge is 0.339 e. The molecule has 5 heteroatoms. The molecule has 1 atom stereocenters. The van der Waals surface area contributed by atoms with Gasteiger partial charge in [-0.1, -0.05) is 46.6 Å². The van der Waals surface area contributed by atoms with E-state index in [0.29, 0.717) is 18.1 Å². The Balaban J connectivity index is 2.06. The fourth-order valence-corrected chi connectivity index (χ4v) is 2.20. The summed E-state index contributed by atoms with van der Waals surface area (Å²) in [5.41, 5.74) is 7.07. The lowest BCUT2D eigenvalue weighted by molar-refractivity contribution is 0.374. The van der Waals surface area contributed by atoms with Crippen LogP contribution >= 0.6 is 15.9 Å². The van der Waals surface area contributed by atoms with Crippen molar-refractivity contribution in [2.24, 2.45) is 5.73 Å². The van der Waals surface area contributed by atoms with Crippen LogP contribution in [0.3, 0.4) is 0 Å². The zero-order valence-corrected chi connectivity index (χ0v) is 11.9. The number of halogens is 1. The van der Waals surface area contributed by atoms with Crippen LogP contribution < -0.4 is 5.73 Å². The van der Waals surface area contributed by atoms with Gasteiger partial charge in [0, 0.05) is 4.47 Å². The maximum Gasteiger partial charge on any atom is 0.231 e. The SMILES string of the molecule is CCCC(N)c1noc(Cc2cccc(Br)c2)n1. The molecular weight excluding hydrogens is 294 g/mol. The number of nitrogens with two attached hydrogens (primary N) is 1. The maximum atomic E-state index is 5.94. The summed E-state index contributed by atoms with van der Waals surface area (Å²) in [6.45, 7) is 2.09. The molecule has 96 valence electrons. The average Bonchev–Trinajstić information content (AvgIpc) is 2.78. The summed E-state index contributed by atoms with van der Waals surface area (Å²) in [5.74, 6) is 1.21. The van der Waals surface area contributed by atoms with Gasteiger partial charge in [-0.3, -0.25) is 0 Å². The van der Waals surface area contributed by atoms with Crippen molar-refractivity contribution in [3.63, 3.8) is 0 Å². The molecule has 0 radical (unpaired) electrons. The molecular formula is C13H16BrN3O. The number of aromatic nitrogens is 2. The van der Waals surface area contributed by atoms with Crippen LogP contribution in [0.2, 0.25) is 0 Å². The van der Waals surface area contributed by atoms with Gasteiger partial charge in [-0.25, -0.2) is 0 Å². The Hall–Kier alpha value is -1.20. The second-order valence-electron chi connectivity index (χ2n) is 4.25. The van der Waals surface area contributed by atoms with E-state index in [1.54, 1.807) is 0 Å². The highest BCUT2D eigenvalue weighted by Gasteiger charge is 2.13. The summed E-state index contributed by atoms with van der Waals surface area (Å²) in [7, 11) is 0. The second kappa shape index (κ2) is 6.11. The molecule has 1 unspecified atom stereocenters. The summed E-state index contributed by atoms with van der Waals surface area (Å²) >= 11 is 3.44. The van der Waals surface area contributed by atoms with Crippen LogP contribution in [0.15, 0.2) is 33.3 Å². The first kappa shape index (κ1) is 13.2. The van der Waals surface area contributed by atoms with Crippen molar-refractivity contribution in [3.8, 4) is 0 Å². The van der Waals surface area contributed by atoms with Gasteiger partial charge in [0.2, 0.25) is 5.89 Å². The lowest BCUT2D eigenvalue weighted by Gasteiger charge is -2.02. The van der Waals surface area contributed by atoms with E-state index in [9.17, 15) is 0 Å². The van der Waals surface area contributed by atoms with E-state index in [1.807, 2.05) is 24.3 Å². The third kappa shape index (κ3) is 3.40. The molecule has 0 spiro atoms. The van der Waals surface area contributed by atoms with Crippen molar-refractivity contribution >= 4 is 15.9 Å². The third-order valence-corrected chi connectivity index (χ3v) is 3.15. The second-order valence-corrected chi connectivity index (χ2v) is 5.16. The minimum Gasteiger partial charge on any atom is -0.339 e. The highest BCUT2D eigenvalue weighted by Crippen LogP contribution is 2.16. The van der Waals surface area contributed by atoms with Gasteiger partial charge in [0.15, 0.2) is 5.82 Å². The summed E-state index contributed by atoms with van der Waals surface area (Å²) in [6, 6.07) is 7.91. The molecule has 1 heterocycles. The van der Waals surface area contributed by atoms with Crippen molar-refractivity contribution in [2.45, 2.75) is 32.2 Å². The topological polar surface area (TPSA) is 64.9 Å². The number of rotatable bonds is 5. The van der Waals surface area contributed by atoms with Crippen LogP contribution in [0, 0.1) is 0 Å². The van der Waals surface area contributed by atoms with E-state index in [2.05, 4.69) is 33.0 Å². The molecule has 0 saturated heterocycles. The smallest absolute Gasteiger partial charge is 0.231 e. The van der Waals surface area contributed by atoms with Crippen LogP contribution in [0.1, 0.15) is 43.1 Å². The Morgan fingerprint density at radius 3 is 3.00 bits per heavy atom. The van der Waals surface area contributed by atoms with E-state index in [0.717, 1.165) is 22.9 Å². The monoisotopic (exact) mass is 309 g/mol. The van der Waals surface area contributed by atoms with Crippen molar-refractivity contribution in [2.75, 3.05) is 0 Å². The summed E-state index contributed by atoms with van der Waals surface area (Å²) in [5, 5.41) is 3.93. The fraction of sp³-hybridized carbons (Fsp3) is 0.385. The van der Waals surface area contributed by atoms with Gasteiger partial charge in [-0.05, 0) is 24.1 Å². The van der Waals surface area contributed by atoms with Gasteiger partial charge in [0.25, 0.3) is 0 Å². The van der Waals surface area contributed by atoms with E-state index in [4.69, 9.17) is 10.3 Å². The van der Waals surface area contributed by atoms with Crippen molar-refractivity contribution in [1.82, 2.24) is 10.1 Å². The molecule has 18 heavy (non-hydrogen) atoms. The third-order valence-electron chi connectivity index (χ3n) is 2.66. The average molecular weight is 310 g/mol. The van der Waals surface area contributed by atoms with Crippen LogP contribution in [-0.2, 0) is 6.42 Å². The van der Waals surface area contributed by atoms with Crippen LogP contribution in [-0.4, -0.2) is 10.1 Å². The fourth-order valence-electron chi connectivity index (χ4n) is 1.75. The van der Waals surface area contributed by atoms with Crippen LogP contribution in [0.4, 0.5) is 0 Å². The van der Waals surface area contributed by atoms with Gasteiger partial charge in [-0.15, -0.1) is 0 Å². The number of hydrogen-bond acceptors (Lipinski definition) is 4. The van der Waals surface area contributed by atoms with Crippen molar-refractivity contribution in [3.05, 3.63) is 46.0 Å².